The minimum Gasteiger partial charge on any atom is -0.493 e. The van der Waals surface area contributed by atoms with Crippen LogP contribution in [0.3, 0.4) is 0 Å². The summed E-state index contributed by atoms with van der Waals surface area (Å²) in [7, 11) is 0. The van der Waals surface area contributed by atoms with Gasteiger partial charge < -0.3 is 10.1 Å². The van der Waals surface area contributed by atoms with Crippen molar-refractivity contribution in [2.45, 2.75) is 44.6 Å². The molecule has 0 aromatic heterocycles. The van der Waals surface area contributed by atoms with Crippen LogP contribution < -0.4 is 10.1 Å². The van der Waals surface area contributed by atoms with Crippen molar-refractivity contribution in [3.63, 3.8) is 0 Å². The second-order valence-corrected chi connectivity index (χ2v) is 7.89. The highest BCUT2D eigenvalue weighted by Crippen LogP contribution is 2.49. The van der Waals surface area contributed by atoms with Crippen LogP contribution in [0.2, 0.25) is 0 Å². The zero-order chi connectivity index (χ0) is 14.2. The van der Waals surface area contributed by atoms with Crippen LogP contribution in [-0.2, 0) is 0 Å². The van der Waals surface area contributed by atoms with Gasteiger partial charge in [0.2, 0.25) is 0 Å². The van der Waals surface area contributed by atoms with E-state index in [9.17, 15) is 0 Å². The van der Waals surface area contributed by atoms with Gasteiger partial charge in [-0.1, -0.05) is 22.0 Å². The van der Waals surface area contributed by atoms with Gasteiger partial charge >= 0.3 is 0 Å². The van der Waals surface area contributed by atoms with Crippen molar-refractivity contribution >= 4 is 15.9 Å². The average molecular weight is 350 g/mol. The van der Waals surface area contributed by atoms with E-state index in [0.29, 0.717) is 6.04 Å². The van der Waals surface area contributed by atoms with Gasteiger partial charge in [0, 0.05) is 16.1 Å². The maximum atomic E-state index is 5.92. The second-order valence-electron chi connectivity index (χ2n) is 6.97. The SMILES string of the molecule is Brc1ccc2c(c1)OCCCC2NCC(C1CC1)C1CC1. The lowest BCUT2D eigenvalue weighted by atomic mass is 9.96. The second kappa shape index (κ2) is 5.92. The van der Waals surface area contributed by atoms with Gasteiger partial charge in [-0.05, 0) is 75.0 Å². The summed E-state index contributed by atoms with van der Waals surface area (Å²) in [5.74, 6) is 4.05. The molecule has 1 aliphatic heterocycles. The number of hydrogen-bond acceptors (Lipinski definition) is 2. The smallest absolute Gasteiger partial charge is 0.125 e. The zero-order valence-corrected chi connectivity index (χ0v) is 14.1. The molecular formula is C18H24BrNO. The van der Waals surface area contributed by atoms with Crippen LogP contribution in [-0.4, -0.2) is 13.2 Å². The van der Waals surface area contributed by atoms with Gasteiger partial charge in [-0.2, -0.15) is 0 Å². The predicted molar refractivity (Wildman–Crippen MR) is 88.6 cm³/mol. The number of fused-ring (bicyclic) bond motifs is 1. The predicted octanol–water partition coefficient (Wildman–Crippen LogP) is 4.69. The van der Waals surface area contributed by atoms with E-state index in [0.717, 1.165) is 41.0 Å². The molecule has 2 aliphatic carbocycles. The van der Waals surface area contributed by atoms with Gasteiger partial charge in [-0.15, -0.1) is 0 Å². The van der Waals surface area contributed by atoms with Crippen LogP contribution in [0.1, 0.15) is 50.1 Å². The molecule has 4 rings (SSSR count). The Morgan fingerprint density at radius 2 is 1.90 bits per heavy atom. The average Bonchev–Trinajstić information content (AvgIpc) is 3.35. The Hall–Kier alpha value is -0.540. The third kappa shape index (κ3) is 3.29. The van der Waals surface area contributed by atoms with Gasteiger partial charge in [0.1, 0.15) is 5.75 Å². The van der Waals surface area contributed by atoms with E-state index in [1.54, 1.807) is 0 Å². The molecule has 0 spiro atoms. The van der Waals surface area contributed by atoms with Gasteiger partial charge in [0.05, 0.1) is 6.61 Å². The van der Waals surface area contributed by atoms with Crippen molar-refractivity contribution in [2.24, 2.45) is 17.8 Å². The van der Waals surface area contributed by atoms with E-state index in [4.69, 9.17) is 4.74 Å². The highest BCUT2D eigenvalue weighted by atomic mass is 79.9. The molecule has 0 amide bonds. The summed E-state index contributed by atoms with van der Waals surface area (Å²) in [6.07, 6.45) is 8.22. The van der Waals surface area contributed by atoms with E-state index in [2.05, 4.69) is 39.4 Å². The lowest BCUT2D eigenvalue weighted by Crippen LogP contribution is -2.29. The normalized spacial score (nSPS) is 25.3. The number of hydrogen-bond donors (Lipinski definition) is 1. The third-order valence-electron chi connectivity index (χ3n) is 5.30. The van der Waals surface area contributed by atoms with Crippen molar-refractivity contribution in [2.75, 3.05) is 13.2 Å². The monoisotopic (exact) mass is 349 g/mol. The highest BCUT2D eigenvalue weighted by Gasteiger charge is 2.41. The molecular weight excluding hydrogens is 326 g/mol. The van der Waals surface area contributed by atoms with E-state index in [1.807, 2.05) is 0 Å². The Morgan fingerprint density at radius 1 is 1.14 bits per heavy atom. The number of benzene rings is 1. The van der Waals surface area contributed by atoms with Gasteiger partial charge in [0.15, 0.2) is 0 Å². The first-order valence-corrected chi connectivity index (χ1v) is 9.26. The van der Waals surface area contributed by atoms with Crippen LogP contribution in [0.15, 0.2) is 22.7 Å². The Balaban J connectivity index is 1.46. The fourth-order valence-corrected chi connectivity index (χ4v) is 4.14. The molecule has 1 aromatic carbocycles. The van der Waals surface area contributed by atoms with Gasteiger partial charge in [0.25, 0.3) is 0 Å². The molecule has 1 aromatic rings. The Kier molecular flexibility index (Phi) is 3.97. The van der Waals surface area contributed by atoms with Crippen molar-refractivity contribution in [3.05, 3.63) is 28.2 Å². The first-order chi connectivity index (χ1) is 10.3. The molecule has 0 saturated heterocycles. The minimum atomic E-state index is 0.468. The summed E-state index contributed by atoms with van der Waals surface area (Å²) >= 11 is 3.55. The van der Waals surface area contributed by atoms with Gasteiger partial charge in [-0.25, -0.2) is 0 Å². The Labute approximate surface area is 135 Å². The number of nitrogens with one attached hydrogen (secondary N) is 1. The number of ether oxygens (including phenoxy) is 1. The molecule has 3 heteroatoms. The summed E-state index contributed by atoms with van der Waals surface area (Å²) in [5.41, 5.74) is 1.35. The van der Waals surface area contributed by atoms with Crippen molar-refractivity contribution in [1.29, 1.82) is 0 Å². The fraction of sp³-hybridized carbons (Fsp3) is 0.667. The molecule has 2 fully saturated rings. The Morgan fingerprint density at radius 3 is 2.62 bits per heavy atom. The molecule has 0 radical (unpaired) electrons. The number of rotatable bonds is 5. The summed E-state index contributed by atoms with van der Waals surface area (Å²) in [6, 6.07) is 6.96. The van der Waals surface area contributed by atoms with E-state index < -0.39 is 0 Å². The van der Waals surface area contributed by atoms with E-state index in [-0.39, 0.29) is 0 Å². The summed E-state index contributed by atoms with van der Waals surface area (Å²) in [6.45, 7) is 2.05. The van der Waals surface area contributed by atoms with Crippen molar-refractivity contribution in [3.8, 4) is 5.75 Å². The largest absolute Gasteiger partial charge is 0.493 e. The topological polar surface area (TPSA) is 21.3 Å². The molecule has 0 bridgehead atoms. The van der Waals surface area contributed by atoms with Gasteiger partial charge in [-0.3, -0.25) is 0 Å². The molecule has 3 aliphatic rings. The Bertz CT molecular complexity index is 498. The maximum Gasteiger partial charge on any atom is 0.125 e. The molecule has 21 heavy (non-hydrogen) atoms. The lowest BCUT2D eigenvalue weighted by Gasteiger charge is -2.23. The number of halogens is 1. The molecule has 2 saturated carbocycles. The summed E-state index contributed by atoms with van der Waals surface area (Å²) in [5, 5.41) is 3.88. The summed E-state index contributed by atoms with van der Waals surface area (Å²) in [4.78, 5) is 0. The lowest BCUT2D eigenvalue weighted by molar-refractivity contribution is 0.312. The zero-order valence-electron chi connectivity index (χ0n) is 12.5. The van der Waals surface area contributed by atoms with Crippen LogP contribution in [0, 0.1) is 17.8 Å². The summed E-state index contributed by atoms with van der Waals surface area (Å²) < 4.78 is 7.02. The van der Waals surface area contributed by atoms with E-state index >= 15 is 0 Å². The van der Waals surface area contributed by atoms with E-state index in [1.165, 1.54) is 44.2 Å². The molecule has 2 nitrogen and oxygen atoms in total. The quantitative estimate of drug-likeness (QED) is 0.832. The minimum absolute atomic E-state index is 0.468. The highest BCUT2D eigenvalue weighted by molar-refractivity contribution is 9.10. The maximum absolute atomic E-state index is 5.92. The first-order valence-electron chi connectivity index (χ1n) is 8.47. The first kappa shape index (κ1) is 14.1. The molecule has 1 unspecified atom stereocenters. The standard InChI is InChI=1S/C18H24BrNO/c19-14-7-8-15-17(2-1-9-21-18(15)10-14)20-11-16(12-3-4-12)13-5-6-13/h7-8,10,12-13,16-17,20H,1-6,9,11H2. The van der Waals surface area contributed by atoms with Crippen LogP contribution in [0.5, 0.6) is 5.75 Å². The molecule has 1 heterocycles. The fourth-order valence-electron chi connectivity index (χ4n) is 3.80. The van der Waals surface area contributed by atoms with Crippen LogP contribution >= 0.6 is 15.9 Å². The van der Waals surface area contributed by atoms with Crippen molar-refractivity contribution in [1.82, 2.24) is 5.32 Å². The molecule has 114 valence electrons. The molecule has 1 atom stereocenters. The van der Waals surface area contributed by atoms with Crippen molar-refractivity contribution < 1.29 is 4.74 Å². The van der Waals surface area contributed by atoms with Crippen LogP contribution in [0.25, 0.3) is 0 Å². The van der Waals surface area contributed by atoms with Crippen LogP contribution in [0.4, 0.5) is 0 Å². The third-order valence-corrected chi connectivity index (χ3v) is 5.79. The molecule has 1 N–H and O–H groups in total.